The fourth-order valence-corrected chi connectivity index (χ4v) is 2.33. The van der Waals surface area contributed by atoms with Crippen molar-refractivity contribution in [3.05, 3.63) is 29.3 Å². The fourth-order valence-electron chi connectivity index (χ4n) is 2.33. The molecule has 0 aliphatic carbocycles. The Morgan fingerprint density at radius 2 is 1.78 bits per heavy atom. The third kappa shape index (κ3) is 5.09. The van der Waals surface area contributed by atoms with Crippen molar-refractivity contribution < 1.29 is 0 Å². The topological polar surface area (TPSA) is 15.3 Å². The molecule has 0 aliphatic heterocycles. The van der Waals surface area contributed by atoms with Gasteiger partial charge in [0.05, 0.1) is 0 Å². The van der Waals surface area contributed by atoms with Gasteiger partial charge < -0.3 is 10.2 Å². The molecule has 0 aliphatic rings. The summed E-state index contributed by atoms with van der Waals surface area (Å²) < 4.78 is 0. The monoisotopic (exact) mass is 248 g/mol. The molecule has 2 heteroatoms. The van der Waals surface area contributed by atoms with Crippen LogP contribution in [-0.4, -0.2) is 26.7 Å². The molecule has 1 aromatic carbocycles. The second-order valence-electron chi connectivity index (χ2n) is 5.54. The molecule has 0 amide bonds. The van der Waals surface area contributed by atoms with Gasteiger partial charge in [0.1, 0.15) is 0 Å². The lowest BCUT2D eigenvalue weighted by atomic mass is 10.1. The Morgan fingerprint density at radius 1 is 1.17 bits per heavy atom. The van der Waals surface area contributed by atoms with Crippen molar-refractivity contribution in [3.63, 3.8) is 0 Å². The number of rotatable bonds is 7. The minimum atomic E-state index is 0.669. The van der Waals surface area contributed by atoms with Gasteiger partial charge in [0.15, 0.2) is 0 Å². The molecule has 1 atom stereocenters. The Hall–Kier alpha value is -1.02. The minimum absolute atomic E-state index is 0.669. The first kappa shape index (κ1) is 15.0. The second-order valence-corrected chi connectivity index (χ2v) is 5.54. The average molecular weight is 248 g/mol. The lowest BCUT2D eigenvalue weighted by molar-refractivity contribution is 0.512. The Bertz CT molecular complexity index is 340. The SMILES string of the molecule is CCCNCC(C)CN(C)c1cc(C)cc(C)c1. The molecule has 0 bridgehead atoms. The molecule has 0 radical (unpaired) electrons. The van der Waals surface area contributed by atoms with Gasteiger partial charge in [-0.3, -0.25) is 0 Å². The summed E-state index contributed by atoms with van der Waals surface area (Å²) >= 11 is 0. The molecule has 1 N–H and O–H groups in total. The van der Waals surface area contributed by atoms with Gasteiger partial charge in [0.25, 0.3) is 0 Å². The number of aryl methyl sites for hydroxylation is 2. The molecular weight excluding hydrogens is 220 g/mol. The van der Waals surface area contributed by atoms with Gasteiger partial charge in [0, 0.05) is 19.3 Å². The van der Waals surface area contributed by atoms with Crippen LogP contribution in [0.2, 0.25) is 0 Å². The maximum absolute atomic E-state index is 3.49. The zero-order chi connectivity index (χ0) is 13.5. The van der Waals surface area contributed by atoms with Crippen molar-refractivity contribution in [2.45, 2.75) is 34.1 Å². The van der Waals surface area contributed by atoms with Gasteiger partial charge in [-0.1, -0.05) is 19.9 Å². The number of hydrogen-bond acceptors (Lipinski definition) is 2. The molecule has 0 fully saturated rings. The summed E-state index contributed by atoms with van der Waals surface area (Å²) in [6.45, 7) is 12.2. The first-order chi connectivity index (χ1) is 8.52. The maximum atomic E-state index is 3.49. The van der Waals surface area contributed by atoms with Crippen LogP contribution in [0.5, 0.6) is 0 Å². The van der Waals surface area contributed by atoms with Gasteiger partial charge in [-0.05, 0) is 62.5 Å². The molecule has 0 saturated heterocycles. The number of benzene rings is 1. The standard InChI is InChI=1S/C16H28N2/c1-6-7-17-11-15(4)12-18(5)16-9-13(2)8-14(3)10-16/h8-10,15,17H,6-7,11-12H2,1-5H3. The van der Waals surface area contributed by atoms with E-state index in [1.54, 1.807) is 0 Å². The van der Waals surface area contributed by atoms with Crippen LogP contribution in [0.1, 0.15) is 31.4 Å². The Labute approximate surface area is 112 Å². The van der Waals surface area contributed by atoms with Crippen molar-refractivity contribution in [2.24, 2.45) is 5.92 Å². The zero-order valence-electron chi connectivity index (χ0n) is 12.6. The number of nitrogens with one attached hydrogen (secondary N) is 1. The zero-order valence-corrected chi connectivity index (χ0v) is 12.6. The van der Waals surface area contributed by atoms with Gasteiger partial charge in [-0.25, -0.2) is 0 Å². The summed E-state index contributed by atoms with van der Waals surface area (Å²) in [5.74, 6) is 0.669. The average Bonchev–Trinajstić information content (AvgIpc) is 2.28. The number of hydrogen-bond donors (Lipinski definition) is 1. The van der Waals surface area contributed by atoms with Crippen molar-refractivity contribution >= 4 is 5.69 Å². The van der Waals surface area contributed by atoms with Crippen LogP contribution in [0.4, 0.5) is 5.69 Å². The summed E-state index contributed by atoms with van der Waals surface area (Å²) in [5, 5.41) is 3.49. The minimum Gasteiger partial charge on any atom is -0.374 e. The molecule has 0 aromatic heterocycles. The Balaban J connectivity index is 2.50. The molecule has 0 saturated carbocycles. The molecule has 1 aromatic rings. The lowest BCUT2D eigenvalue weighted by Crippen LogP contribution is -2.31. The van der Waals surface area contributed by atoms with E-state index in [1.165, 1.54) is 23.2 Å². The third-order valence-corrected chi connectivity index (χ3v) is 3.15. The highest BCUT2D eigenvalue weighted by molar-refractivity contribution is 5.50. The second kappa shape index (κ2) is 7.42. The lowest BCUT2D eigenvalue weighted by Gasteiger charge is -2.24. The van der Waals surface area contributed by atoms with E-state index in [9.17, 15) is 0 Å². The van der Waals surface area contributed by atoms with Crippen molar-refractivity contribution in [1.29, 1.82) is 0 Å². The van der Waals surface area contributed by atoms with E-state index in [2.05, 4.69) is 63.2 Å². The Morgan fingerprint density at radius 3 is 2.33 bits per heavy atom. The van der Waals surface area contributed by atoms with E-state index in [-0.39, 0.29) is 0 Å². The van der Waals surface area contributed by atoms with E-state index in [1.807, 2.05) is 0 Å². The largest absolute Gasteiger partial charge is 0.374 e. The fraction of sp³-hybridized carbons (Fsp3) is 0.625. The van der Waals surface area contributed by atoms with Crippen molar-refractivity contribution in [3.8, 4) is 0 Å². The van der Waals surface area contributed by atoms with Gasteiger partial charge in [-0.15, -0.1) is 0 Å². The summed E-state index contributed by atoms with van der Waals surface area (Å²) in [5.41, 5.74) is 4.01. The van der Waals surface area contributed by atoms with Crippen LogP contribution in [-0.2, 0) is 0 Å². The van der Waals surface area contributed by atoms with E-state index >= 15 is 0 Å². The molecule has 2 nitrogen and oxygen atoms in total. The summed E-state index contributed by atoms with van der Waals surface area (Å²) in [4.78, 5) is 2.36. The predicted molar refractivity (Wildman–Crippen MR) is 81.5 cm³/mol. The van der Waals surface area contributed by atoms with Crippen molar-refractivity contribution in [1.82, 2.24) is 5.32 Å². The van der Waals surface area contributed by atoms with Crippen LogP contribution < -0.4 is 10.2 Å². The van der Waals surface area contributed by atoms with E-state index in [0.717, 1.165) is 19.6 Å². The van der Waals surface area contributed by atoms with E-state index in [4.69, 9.17) is 0 Å². The van der Waals surface area contributed by atoms with Crippen LogP contribution in [0.25, 0.3) is 0 Å². The summed E-state index contributed by atoms with van der Waals surface area (Å²) in [6, 6.07) is 6.75. The quantitative estimate of drug-likeness (QED) is 0.744. The van der Waals surface area contributed by atoms with Gasteiger partial charge in [0.2, 0.25) is 0 Å². The normalized spacial score (nSPS) is 12.5. The number of nitrogens with zero attached hydrogens (tertiary/aromatic N) is 1. The smallest absolute Gasteiger partial charge is 0.0369 e. The molecule has 0 spiro atoms. The van der Waals surface area contributed by atoms with Crippen molar-refractivity contribution in [2.75, 3.05) is 31.6 Å². The highest BCUT2D eigenvalue weighted by Gasteiger charge is 2.07. The van der Waals surface area contributed by atoms with E-state index in [0.29, 0.717) is 5.92 Å². The van der Waals surface area contributed by atoms with Gasteiger partial charge >= 0.3 is 0 Å². The summed E-state index contributed by atoms with van der Waals surface area (Å²) in [7, 11) is 2.19. The summed E-state index contributed by atoms with van der Waals surface area (Å²) in [6.07, 6.45) is 1.21. The van der Waals surface area contributed by atoms with Gasteiger partial charge in [-0.2, -0.15) is 0 Å². The Kier molecular flexibility index (Phi) is 6.20. The molecule has 18 heavy (non-hydrogen) atoms. The molecular formula is C16H28N2. The molecule has 0 heterocycles. The number of anilines is 1. The first-order valence-electron chi connectivity index (χ1n) is 7.03. The molecule has 1 rings (SSSR count). The predicted octanol–water partition coefficient (Wildman–Crippen LogP) is 3.38. The first-order valence-corrected chi connectivity index (χ1v) is 7.03. The van der Waals surface area contributed by atoms with Crippen LogP contribution in [0, 0.1) is 19.8 Å². The van der Waals surface area contributed by atoms with Crippen LogP contribution >= 0.6 is 0 Å². The van der Waals surface area contributed by atoms with Crippen LogP contribution in [0.3, 0.4) is 0 Å². The highest BCUT2D eigenvalue weighted by Crippen LogP contribution is 2.18. The molecule has 1 unspecified atom stereocenters. The highest BCUT2D eigenvalue weighted by atomic mass is 15.1. The third-order valence-electron chi connectivity index (χ3n) is 3.15. The maximum Gasteiger partial charge on any atom is 0.0369 e. The van der Waals surface area contributed by atoms with E-state index < -0.39 is 0 Å². The van der Waals surface area contributed by atoms with Crippen LogP contribution in [0.15, 0.2) is 18.2 Å². The molecule has 102 valence electrons.